The summed E-state index contributed by atoms with van der Waals surface area (Å²) in [5.74, 6) is -2.47. The van der Waals surface area contributed by atoms with E-state index in [0.29, 0.717) is 25.6 Å². The zero-order valence-corrected chi connectivity index (χ0v) is 19.1. The second kappa shape index (κ2) is 9.69. The van der Waals surface area contributed by atoms with E-state index in [-0.39, 0.29) is 11.2 Å². The van der Waals surface area contributed by atoms with Crippen LogP contribution >= 0.6 is 0 Å². The third-order valence-corrected chi connectivity index (χ3v) is 8.91. The van der Waals surface area contributed by atoms with E-state index in [1.165, 1.54) is 43.5 Å². The van der Waals surface area contributed by atoms with Gasteiger partial charge in [-0.25, -0.2) is 17.5 Å². The molecule has 0 amide bonds. The Bertz CT molecular complexity index is 906. The van der Waals surface area contributed by atoms with Crippen LogP contribution in [0.1, 0.15) is 62.6 Å². The van der Waals surface area contributed by atoms with Gasteiger partial charge in [0.15, 0.2) is 0 Å². The Morgan fingerprint density at radius 3 is 2.22 bits per heavy atom. The Labute approximate surface area is 187 Å². The second-order valence-electron chi connectivity index (χ2n) is 8.85. The van der Waals surface area contributed by atoms with Gasteiger partial charge in [0.2, 0.25) is 10.0 Å². The van der Waals surface area contributed by atoms with Crippen LogP contribution in [0, 0.1) is 0 Å². The fourth-order valence-corrected chi connectivity index (χ4v) is 6.81. The number of benzene rings is 1. The SMILES string of the molecule is CCCS(=O)(=O)N1CCC2(CC1)CC(N1CCCC1)c1ccccc12.O=C(O)C(F)(F)F. The van der Waals surface area contributed by atoms with Crippen molar-refractivity contribution in [3.8, 4) is 0 Å². The quantitative estimate of drug-likeness (QED) is 0.713. The van der Waals surface area contributed by atoms with Gasteiger partial charge in [-0.15, -0.1) is 0 Å². The van der Waals surface area contributed by atoms with Gasteiger partial charge in [0, 0.05) is 19.1 Å². The van der Waals surface area contributed by atoms with Crippen LogP contribution in [0.25, 0.3) is 0 Å². The number of hydrogen-bond donors (Lipinski definition) is 1. The van der Waals surface area contributed by atoms with Gasteiger partial charge in [-0.2, -0.15) is 13.2 Å². The van der Waals surface area contributed by atoms with Crippen molar-refractivity contribution in [1.82, 2.24) is 9.21 Å². The first-order chi connectivity index (χ1) is 15.0. The van der Waals surface area contributed by atoms with E-state index < -0.39 is 22.2 Å². The molecule has 1 aromatic rings. The van der Waals surface area contributed by atoms with Crippen molar-refractivity contribution in [2.24, 2.45) is 0 Å². The molecule has 2 heterocycles. The molecule has 4 rings (SSSR count). The van der Waals surface area contributed by atoms with Crippen LogP contribution in [0.3, 0.4) is 0 Å². The molecule has 180 valence electrons. The molecule has 2 saturated heterocycles. The Morgan fingerprint density at radius 1 is 1.12 bits per heavy atom. The highest BCUT2D eigenvalue weighted by Crippen LogP contribution is 2.53. The maximum atomic E-state index is 12.4. The van der Waals surface area contributed by atoms with Crippen LogP contribution in [0.5, 0.6) is 0 Å². The molecule has 1 atom stereocenters. The van der Waals surface area contributed by atoms with Crippen LogP contribution in [0.2, 0.25) is 0 Å². The predicted molar refractivity (Wildman–Crippen MR) is 115 cm³/mol. The maximum absolute atomic E-state index is 12.4. The molecule has 6 nitrogen and oxygen atoms in total. The lowest BCUT2D eigenvalue weighted by Crippen LogP contribution is -2.45. The van der Waals surface area contributed by atoms with Gasteiger partial charge in [-0.3, -0.25) is 4.90 Å². The summed E-state index contributed by atoms with van der Waals surface area (Å²) in [4.78, 5) is 11.6. The number of rotatable bonds is 4. The third-order valence-electron chi connectivity index (χ3n) is 6.83. The zero-order valence-electron chi connectivity index (χ0n) is 18.3. The number of sulfonamides is 1. The minimum Gasteiger partial charge on any atom is -0.475 e. The molecule has 32 heavy (non-hydrogen) atoms. The summed E-state index contributed by atoms with van der Waals surface area (Å²) >= 11 is 0. The minimum atomic E-state index is -5.08. The first kappa shape index (κ1) is 25.0. The highest BCUT2D eigenvalue weighted by Gasteiger charge is 2.48. The zero-order chi connectivity index (χ0) is 23.6. The minimum absolute atomic E-state index is 0.183. The highest BCUT2D eigenvalue weighted by molar-refractivity contribution is 7.89. The number of carbonyl (C=O) groups is 1. The topological polar surface area (TPSA) is 77.9 Å². The third kappa shape index (κ3) is 5.28. The molecule has 0 aromatic heterocycles. The van der Waals surface area contributed by atoms with E-state index >= 15 is 0 Å². The Morgan fingerprint density at radius 2 is 1.69 bits per heavy atom. The van der Waals surface area contributed by atoms with Gasteiger partial charge in [0.1, 0.15) is 0 Å². The lowest BCUT2D eigenvalue weighted by atomic mass is 9.74. The van der Waals surface area contributed by atoms with Crippen molar-refractivity contribution in [2.75, 3.05) is 31.9 Å². The van der Waals surface area contributed by atoms with Crippen LogP contribution in [0.15, 0.2) is 24.3 Å². The molecule has 2 aliphatic heterocycles. The fourth-order valence-electron chi connectivity index (χ4n) is 5.29. The lowest BCUT2D eigenvalue weighted by Gasteiger charge is -2.40. The first-order valence-corrected chi connectivity index (χ1v) is 12.7. The second-order valence-corrected chi connectivity index (χ2v) is 10.9. The predicted octanol–water partition coefficient (Wildman–Crippen LogP) is 3.93. The number of halogens is 3. The number of aliphatic carboxylic acids is 1. The summed E-state index contributed by atoms with van der Waals surface area (Å²) in [6.07, 6.45) is 1.36. The van der Waals surface area contributed by atoms with Crippen LogP contribution in [0.4, 0.5) is 13.2 Å². The summed E-state index contributed by atoms with van der Waals surface area (Å²) in [7, 11) is -3.06. The van der Waals surface area contributed by atoms with Gasteiger partial charge in [0.05, 0.1) is 5.75 Å². The van der Waals surface area contributed by atoms with E-state index in [1.807, 2.05) is 6.92 Å². The van der Waals surface area contributed by atoms with Gasteiger partial charge in [0.25, 0.3) is 0 Å². The first-order valence-electron chi connectivity index (χ1n) is 11.1. The largest absolute Gasteiger partial charge is 0.490 e. The Kier molecular flexibility index (Phi) is 7.56. The maximum Gasteiger partial charge on any atom is 0.490 e. The molecule has 3 aliphatic rings. The summed E-state index contributed by atoms with van der Waals surface area (Å²) in [5.41, 5.74) is 3.19. The number of alkyl halides is 3. The Balaban J connectivity index is 0.000000360. The molecule has 1 unspecified atom stereocenters. The number of fused-ring (bicyclic) bond motifs is 2. The molecule has 1 spiro atoms. The normalized spacial score (nSPS) is 23.6. The molecule has 1 aromatic carbocycles. The van der Waals surface area contributed by atoms with Crippen molar-refractivity contribution in [1.29, 1.82) is 0 Å². The van der Waals surface area contributed by atoms with Crippen LogP contribution < -0.4 is 0 Å². The van der Waals surface area contributed by atoms with E-state index in [2.05, 4.69) is 29.2 Å². The smallest absolute Gasteiger partial charge is 0.475 e. The number of hydrogen-bond acceptors (Lipinski definition) is 4. The van der Waals surface area contributed by atoms with Crippen LogP contribution in [-0.4, -0.2) is 66.8 Å². The molecule has 0 radical (unpaired) electrons. The molecule has 1 aliphatic carbocycles. The van der Waals surface area contributed by atoms with Crippen molar-refractivity contribution >= 4 is 16.0 Å². The number of nitrogens with zero attached hydrogens (tertiary/aromatic N) is 2. The number of carboxylic acid groups (broad SMARTS) is 1. The van der Waals surface area contributed by atoms with Crippen molar-refractivity contribution in [3.63, 3.8) is 0 Å². The van der Waals surface area contributed by atoms with E-state index in [4.69, 9.17) is 9.90 Å². The molecular formula is C22H31F3N2O4S. The molecular weight excluding hydrogens is 445 g/mol. The summed E-state index contributed by atoms with van der Waals surface area (Å²) in [6, 6.07) is 9.49. The average molecular weight is 477 g/mol. The van der Waals surface area contributed by atoms with Gasteiger partial charge in [-0.05, 0) is 68.2 Å². The summed E-state index contributed by atoms with van der Waals surface area (Å²) in [6.45, 7) is 5.74. The Hall–Kier alpha value is -1.65. The lowest BCUT2D eigenvalue weighted by molar-refractivity contribution is -0.192. The van der Waals surface area contributed by atoms with Gasteiger partial charge in [-0.1, -0.05) is 31.2 Å². The average Bonchev–Trinajstić information content (AvgIpc) is 3.36. The summed E-state index contributed by atoms with van der Waals surface area (Å²) in [5, 5.41) is 7.12. The molecule has 0 bridgehead atoms. The monoisotopic (exact) mass is 476 g/mol. The van der Waals surface area contributed by atoms with Crippen molar-refractivity contribution < 1.29 is 31.5 Å². The molecule has 1 N–H and O–H groups in total. The van der Waals surface area contributed by atoms with Crippen molar-refractivity contribution in [3.05, 3.63) is 35.4 Å². The van der Waals surface area contributed by atoms with Gasteiger partial charge < -0.3 is 5.11 Å². The standard InChI is InChI=1S/C20H30N2O2S.C2HF3O2/c1-2-15-25(23,24)22-13-9-20(10-14-22)16-19(21-11-5-6-12-21)17-7-3-4-8-18(17)20;3-2(4,5)1(6)7/h3-4,7-8,19H,2,5-6,9-16H2,1H3;(H,6,7). The summed E-state index contributed by atoms with van der Waals surface area (Å²) < 4.78 is 58.3. The molecule has 10 heteroatoms. The van der Waals surface area contributed by atoms with Crippen molar-refractivity contribution in [2.45, 2.75) is 63.1 Å². The number of carboxylic acids is 1. The van der Waals surface area contributed by atoms with E-state index in [1.54, 1.807) is 4.31 Å². The van der Waals surface area contributed by atoms with E-state index in [0.717, 1.165) is 12.8 Å². The van der Waals surface area contributed by atoms with Gasteiger partial charge >= 0.3 is 12.1 Å². The van der Waals surface area contributed by atoms with Crippen LogP contribution in [-0.2, 0) is 20.2 Å². The molecule has 2 fully saturated rings. The number of likely N-dealkylation sites (tertiary alicyclic amines) is 1. The van der Waals surface area contributed by atoms with E-state index in [9.17, 15) is 21.6 Å². The fraction of sp³-hybridized carbons (Fsp3) is 0.682. The highest BCUT2D eigenvalue weighted by atomic mass is 32.2. The number of piperidine rings is 1. The molecule has 0 saturated carbocycles.